The number of carbonyl (C=O) groups excluding carboxylic acids is 1. The molecule has 0 amide bonds. The number of hydrogen-bond donors (Lipinski definition) is 0. The van der Waals surface area contributed by atoms with Gasteiger partial charge in [0.2, 0.25) is 0 Å². The molecule has 1 aromatic rings. The van der Waals surface area contributed by atoms with E-state index in [2.05, 4.69) is 15.9 Å². The molecular formula is C14H17BrO3. The van der Waals surface area contributed by atoms with Gasteiger partial charge in [-0.1, -0.05) is 15.9 Å². The molecule has 18 heavy (non-hydrogen) atoms. The van der Waals surface area contributed by atoms with Crippen molar-refractivity contribution in [3.63, 3.8) is 0 Å². The van der Waals surface area contributed by atoms with Crippen LogP contribution in [0.4, 0.5) is 0 Å². The Bertz CT molecular complexity index is 439. The summed E-state index contributed by atoms with van der Waals surface area (Å²) in [5.74, 6) is 0.390. The zero-order valence-electron chi connectivity index (χ0n) is 10.8. The van der Waals surface area contributed by atoms with Crippen molar-refractivity contribution in [1.82, 2.24) is 0 Å². The van der Waals surface area contributed by atoms with Gasteiger partial charge in [-0.3, -0.25) is 0 Å². The lowest BCUT2D eigenvalue weighted by Crippen LogP contribution is -2.08. The van der Waals surface area contributed by atoms with Gasteiger partial charge in [0.1, 0.15) is 5.75 Å². The highest BCUT2D eigenvalue weighted by molar-refractivity contribution is 9.10. The Labute approximate surface area is 116 Å². The molecule has 0 saturated carbocycles. The Hall–Kier alpha value is -1.29. The van der Waals surface area contributed by atoms with Crippen molar-refractivity contribution in [2.45, 2.75) is 26.9 Å². The van der Waals surface area contributed by atoms with Gasteiger partial charge >= 0.3 is 5.97 Å². The molecule has 0 fully saturated rings. The van der Waals surface area contributed by atoms with E-state index >= 15 is 0 Å². The third-order valence-corrected chi connectivity index (χ3v) is 2.52. The van der Waals surface area contributed by atoms with E-state index in [0.29, 0.717) is 6.61 Å². The van der Waals surface area contributed by atoms with Gasteiger partial charge in [0.25, 0.3) is 0 Å². The van der Waals surface area contributed by atoms with Crippen molar-refractivity contribution >= 4 is 28.0 Å². The molecule has 0 saturated heterocycles. The maximum Gasteiger partial charge on any atom is 0.331 e. The van der Waals surface area contributed by atoms with Gasteiger partial charge in [-0.2, -0.15) is 0 Å². The van der Waals surface area contributed by atoms with Crippen LogP contribution in [0, 0.1) is 0 Å². The summed E-state index contributed by atoms with van der Waals surface area (Å²) in [6, 6.07) is 5.65. The number of carbonyl (C=O) groups is 1. The molecule has 0 aromatic heterocycles. The second kappa shape index (κ2) is 7.21. The summed E-state index contributed by atoms with van der Waals surface area (Å²) >= 11 is 3.39. The summed E-state index contributed by atoms with van der Waals surface area (Å²) < 4.78 is 11.4. The second-order valence-corrected chi connectivity index (χ2v) is 4.85. The molecule has 0 aliphatic carbocycles. The number of ether oxygens (including phenoxy) is 2. The normalized spacial score (nSPS) is 10.9. The highest BCUT2D eigenvalue weighted by Gasteiger charge is 2.04. The molecule has 0 atom stereocenters. The largest absolute Gasteiger partial charge is 0.493 e. The van der Waals surface area contributed by atoms with Crippen LogP contribution in [0.2, 0.25) is 0 Å². The van der Waals surface area contributed by atoms with Crippen LogP contribution in [-0.4, -0.2) is 18.7 Å². The predicted octanol–water partition coefficient (Wildman–Crippen LogP) is 3.81. The first-order valence-corrected chi connectivity index (χ1v) is 6.63. The zero-order chi connectivity index (χ0) is 13.5. The average molecular weight is 313 g/mol. The molecule has 3 nitrogen and oxygen atoms in total. The predicted molar refractivity (Wildman–Crippen MR) is 75.6 cm³/mol. The maximum atomic E-state index is 11.4. The van der Waals surface area contributed by atoms with E-state index in [9.17, 15) is 4.79 Å². The Morgan fingerprint density at radius 3 is 2.78 bits per heavy atom. The summed E-state index contributed by atoms with van der Waals surface area (Å²) in [5.41, 5.74) is 0.840. The number of rotatable bonds is 5. The molecule has 0 unspecified atom stereocenters. The van der Waals surface area contributed by atoms with Crippen LogP contribution in [0.1, 0.15) is 26.3 Å². The molecular weight excluding hydrogens is 296 g/mol. The van der Waals surface area contributed by atoms with Crippen molar-refractivity contribution < 1.29 is 14.3 Å². The minimum Gasteiger partial charge on any atom is -0.493 e. The summed E-state index contributed by atoms with van der Waals surface area (Å²) in [4.78, 5) is 11.4. The lowest BCUT2D eigenvalue weighted by atomic mass is 10.2. The van der Waals surface area contributed by atoms with Crippen molar-refractivity contribution in [1.29, 1.82) is 0 Å². The lowest BCUT2D eigenvalue weighted by molar-refractivity contribution is -0.141. The van der Waals surface area contributed by atoms with Crippen LogP contribution in [0.3, 0.4) is 0 Å². The Kier molecular flexibility index (Phi) is 5.92. The first-order valence-electron chi connectivity index (χ1n) is 5.84. The van der Waals surface area contributed by atoms with Gasteiger partial charge in [0, 0.05) is 16.1 Å². The highest BCUT2D eigenvalue weighted by Crippen LogP contribution is 2.24. The number of hydrogen-bond acceptors (Lipinski definition) is 3. The van der Waals surface area contributed by atoms with E-state index in [1.54, 1.807) is 6.08 Å². The highest BCUT2D eigenvalue weighted by atomic mass is 79.9. The minimum absolute atomic E-state index is 0.115. The summed E-state index contributed by atoms with van der Waals surface area (Å²) in [7, 11) is 0. The summed E-state index contributed by atoms with van der Waals surface area (Å²) in [6.45, 7) is 6.13. The van der Waals surface area contributed by atoms with Gasteiger partial charge in [0.05, 0.1) is 12.7 Å². The fourth-order valence-electron chi connectivity index (χ4n) is 1.37. The molecule has 0 bridgehead atoms. The van der Waals surface area contributed by atoms with Gasteiger partial charge in [-0.25, -0.2) is 4.79 Å². The Balaban J connectivity index is 2.84. The fourth-order valence-corrected chi connectivity index (χ4v) is 1.74. The first kappa shape index (κ1) is 14.8. The molecule has 0 N–H and O–H groups in total. The Morgan fingerprint density at radius 1 is 1.44 bits per heavy atom. The van der Waals surface area contributed by atoms with E-state index in [4.69, 9.17) is 9.47 Å². The van der Waals surface area contributed by atoms with Crippen LogP contribution in [0.15, 0.2) is 28.7 Å². The van der Waals surface area contributed by atoms with E-state index < -0.39 is 0 Å². The standard InChI is InChI=1S/C14H17BrO3/c1-4-17-13-7-6-12(15)9-11(13)5-8-14(16)18-10(2)3/h5-10H,4H2,1-3H3/b8-5+. The average Bonchev–Trinajstić information content (AvgIpc) is 2.29. The molecule has 0 spiro atoms. The summed E-state index contributed by atoms with van der Waals surface area (Å²) in [6.07, 6.45) is 2.99. The number of esters is 1. The second-order valence-electron chi connectivity index (χ2n) is 3.93. The molecule has 4 heteroatoms. The molecule has 1 aromatic carbocycles. The molecule has 0 heterocycles. The van der Waals surface area contributed by atoms with E-state index in [1.165, 1.54) is 6.08 Å². The number of halogens is 1. The topological polar surface area (TPSA) is 35.5 Å². The SMILES string of the molecule is CCOc1ccc(Br)cc1/C=C/C(=O)OC(C)C. The molecule has 0 aliphatic heterocycles. The number of benzene rings is 1. The molecule has 0 radical (unpaired) electrons. The molecule has 98 valence electrons. The van der Waals surface area contributed by atoms with Crippen LogP contribution >= 0.6 is 15.9 Å². The van der Waals surface area contributed by atoms with E-state index in [0.717, 1.165) is 15.8 Å². The van der Waals surface area contributed by atoms with Crippen molar-refractivity contribution in [2.24, 2.45) is 0 Å². The van der Waals surface area contributed by atoms with Gasteiger partial charge in [-0.05, 0) is 45.0 Å². The molecule has 0 aliphatic rings. The van der Waals surface area contributed by atoms with Crippen LogP contribution in [0.5, 0.6) is 5.75 Å². The van der Waals surface area contributed by atoms with Crippen LogP contribution in [0.25, 0.3) is 6.08 Å². The van der Waals surface area contributed by atoms with Crippen molar-refractivity contribution in [3.05, 3.63) is 34.3 Å². The smallest absolute Gasteiger partial charge is 0.331 e. The van der Waals surface area contributed by atoms with E-state index in [-0.39, 0.29) is 12.1 Å². The van der Waals surface area contributed by atoms with Gasteiger partial charge in [0.15, 0.2) is 0 Å². The fraction of sp³-hybridized carbons (Fsp3) is 0.357. The van der Waals surface area contributed by atoms with E-state index in [1.807, 2.05) is 39.0 Å². The third-order valence-electron chi connectivity index (χ3n) is 2.02. The molecule has 1 rings (SSSR count). The van der Waals surface area contributed by atoms with Crippen LogP contribution < -0.4 is 4.74 Å². The van der Waals surface area contributed by atoms with Crippen LogP contribution in [-0.2, 0) is 9.53 Å². The lowest BCUT2D eigenvalue weighted by Gasteiger charge is -2.08. The zero-order valence-corrected chi connectivity index (χ0v) is 12.4. The Morgan fingerprint density at radius 2 is 2.17 bits per heavy atom. The summed E-state index contributed by atoms with van der Waals surface area (Å²) in [5, 5.41) is 0. The maximum absolute atomic E-state index is 11.4. The van der Waals surface area contributed by atoms with Crippen molar-refractivity contribution in [2.75, 3.05) is 6.61 Å². The van der Waals surface area contributed by atoms with Gasteiger partial charge < -0.3 is 9.47 Å². The quantitative estimate of drug-likeness (QED) is 0.612. The van der Waals surface area contributed by atoms with Gasteiger partial charge in [-0.15, -0.1) is 0 Å². The minimum atomic E-state index is -0.354. The first-order chi connectivity index (χ1) is 8.52. The monoisotopic (exact) mass is 312 g/mol. The third kappa shape index (κ3) is 4.92. The van der Waals surface area contributed by atoms with Crippen molar-refractivity contribution in [3.8, 4) is 5.75 Å².